The zero-order chi connectivity index (χ0) is 26.9. The van der Waals surface area contributed by atoms with Crippen molar-refractivity contribution in [3.8, 4) is 0 Å². The van der Waals surface area contributed by atoms with E-state index in [1.165, 1.54) is 6.92 Å². The maximum absolute atomic E-state index is 13.0. The molecule has 0 bridgehead atoms. The van der Waals surface area contributed by atoms with E-state index in [2.05, 4.69) is 15.8 Å². The average Bonchev–Trinajstić information content (AvgIpc) is 3.45. The van der Waals surface area contributed by atoms with Crippen LogP contribution in [0.3, 0.4) is 0 Å². The first-order chi connectivity index (χ1) is 16.9. The molecule has 0 aliphatic carbocycles. The van der Waals surface area contributed by atoms with E-state index < -0.39 is 53.6 Å². The van der Waals surface area contributed by atoms with Gasteiger partial charge in [-0.15, -0.1) is 0 Å². The third kappa shape index (κ3) is 8.86. The fraction of sp³-hybridized carbons (Fsp3) is 0.739. The molecular formula is C23H36N4O9. The molecule has 0 aromatic heterocycles. The lowest BCUT2D eigenvalue weighted by Gasteiger charge is -2.26. The summed E-state index contributed by atoms with van der Waals surface area (Å²) in [6.45, 7) is 6.76. The molecule has 36 heavy (non-hydrogen) atoms. The van der Waals surface area contributed by atoms with E-state index in [1.54, 1.807) is 0 Å². The van der Waals surface area contributed by atoms with Crippen LogP contribution in [0.2, 0.25) is 0 Å². The quantitative estimate of drug-likeness (QED) is 0.235. The number of hydrogen-bond donors (Lipinski definition) is 4. The van der Waals surface area contributed by atoms with Gasteiger partial charge in [-0.05, 0) is 25.7 Å². The van der Waals surface area contributed by atoms with Crippen molar-refractivity contribution in [2.24, 2.45) is 11.1 Å². The van der Waals surface area contributed by atoms with Crippen molar-refractivity contribution in [1.82, 2.24) is 15.5 Å². The first-order valence-electron chi connectivity index (χ1n) is 12.0. The van der Waals surface area contributed by atoms with Gasteiger partial charge < -0.3 is 30.4 Å². The number of hydrogen-bond acceptors (Lipinski definition) is 9. The van der Waals surface area contributed by atoms with Gasteiger partial charge in [-0.1, -0.05) is 19.0 Å². The summed E-state index contributed by atoms with van der Waals surface area (Å²) in [6.07, 6.45) is 0.961. The molecule has 2 rings (SSSR count). The van der Waals surface area contributed by atoms with Gasteiger partial charge in [0.1, 0.15) is 12.6 Å². The van der Waals surface area contributed by atoms with Crippen LogP contribution in [0.25, 0.3) is 0 Å². The summed E-state index contributed by atoms with van der Waals surface area (Å²) in [6, 6.07) is -1.91. The highest BCUT2D eigenvalue weighted by Crippen LogP contribution is 2.27. The minimum Gasteiger partial charge on any atom is -0.481 e. The third-order valence-corrected chi connectivity index (χ3v) is 6.06. The third-order valence-electron chi connectivity index (χ3n) is 6.06. The Morgan fingerprint density at radius 3 is 2.33 bits per heavy atom. The maximum Gasteiger partial charge on any atom is 0.305 e. The number of nitrogens with one attached hydrogen (secondary N) is 2. The largest absolute Gasteiger partial charge is 0.481 e. The Hall–Kier alpha value is -3.06. The van der Waals surface area contributed by atoms with Crippen molar-refractivity contribution in [1.29, 1.82) is 0 Å². The minimum absolute atomic E-state index is 0.0136. The van der Waals surface area contributed by atoms with Crippen molar-refractivity contribution in [2.75, 3.05) is 26.4 Å². The summed E-state index contributed by atoms with van der Waals surface area (Å²) in [4.78, 5) is 67.3. The van der Waals surface area contributed by atoms with E-state index in [9.17, 15) is 29.1 Å². The van der Waals surface area contributed by atoms with Gasteiger partial charge in [-0.25, -0.2) is 0 Å². The molecule has 13 nitrogen and oxygen atoms in total. The van der Waals surface area contributed by atoms with Gasteiger partial charge >= 0.3 is 11.9 Å². The van der Waals surface area contributed by atoms with E-state index >= 15 is 0 Å². The summed E-state index contributed by atoms with van der Waals surface area (Å²) in [5, 5.41) is 27.2. The number of carboxylic acid groups (broad SMARTS) is 2. The number of carbonyl (C=O) groups excluding carboxylic acids is 3. The van der Waals surface area contributed by atoms with Crippen LogP contribution in [0.1, 0.15) is 59.3 Å². The second-order valence-electron chi connectivity index (χ2n) is 9.66. The van der Waals surface area contributed by atoms with Gasteiger partial charge in [0.25, 0.3) is 5.91 Å². The van der Waals surface area contributed by atoms with Crippen LogP contribution < -0.4 is 10.6 Å². The Morgan fingerprint density at radius 2 is 1.75 bits per heavy atom. The molecule has 2 aliphatic heterocycles. The topological polar surface area (TPSA) is 184 Å². The molecule has 13 heteroatoms. The number of amides is 2. The Balaban J connectivity index is 1.97. The maximum atomic E-state index is 13.0. The van der Waals surface area contributed by atoms with Gasteiger partial charge in [0.05, 0.1) is 31.3 Å². The number of ketones is 1. The average molecular weight is 513 g/mol. The van der Waals surface area contributed by atoms with Gasteiger partial charge in [-0.3, -0.25) is 28.9 Å². The number of oxime groups is 1. The Labute approximate surface area is 209 Å². The van der Waals surface area contributed by atoms with Gasteiger partial charge in [-0.2, -0.15) is 0 Å². The molecule has 202 valence electrons. The van der Waals surface area contributed by atoms with Gasteiger partial charge in [0, 0.05) is 25.9 Å². The normalized spacial score (nSPS) is 21.4. The molecule has 2 aliphatic rings. The number of rotatable bonds is 15. The highest BCUT2D eigenvalue weighted by Gasteiger charge is 2.45. The molecular weight excluding hydrogens is 476 g/mol. The molecule has 1 saturated heterocycles. The number of nitrogens with zero attached hydrogens (tertiary/aromatic N) is 2. The van der Waals surface area contributed by atoms with E-state index in [1.807, 2.05) is 18.7 Å². The molecule has 3 atom stereocenters. The molecule has 0 radical (unpaired) electrons. The van der Waals surface area contributed by atoms with E-state index in [0.29, 0.717) is 5.71 Å². The first-order valence-corrected chi connectivity index (χ1v) is 12.0. The predicted molar refractivity (Wildman–Crippen MR) is 126 cm³/mol. The highest BCUT2D eigenvalue weighted by atomic mass is 16.7. The lowest BCUT2D eigenvalue weighted by molar-refractivity contribution is -0.147. The van der Waals surface area contributed by atoms with E-state index in [-0.39, 0.29) is 38.5 Å². The van der Waals surface area contributed by atoms with Crippen molar-refractivity contribution in [2.45, 2.75) is 77.0 Å². The SMILES string of the molecule is CC(C)[C@H](NC(=O)CCC(=O)O)C1=NOC(C)(C(=O)N[C@@H](CC(=O)O)C(=O)COCN2CCCC2)C1. The molecule has 2 amide bonds. The summed E-state index contributed by atoms with van der Waals surface area (Å²) >= 11 is 0. The smallest absolute Gasteiger partial charge is 0.305 e. The zero-order valence-corrected chi connectivity index (χ0v) is 20.9. The van der Waals surface area contributed by atoms with Crippen molar-refractivity contribution in [3.63, 3.8) is 0 Å². The van der Waals surface area contributed by atoms with Gasteiger partial charge in [0.2, 0.25) is 11.5 Å². The molecule has 4 N–H and O–H groups in total. The second kappa shape index (κ2) is 13.3. The molecule has 0 spiro atoms. The fourth-order valence-electron chi connectivity index (χ4n) is 3.98. The molecule has 0 aromatic carbocycles. The Morgan fingerprint density at radius 1 is 1.08 bits per heavy atom. The molecule has 0 aromatic rings. The number of carbonyl (C=O) groups is 5. The first kappa shape index (κ1) is 29.2. The van der Waals surface area contributed by atoms with Crippen LogP contribution in [0.5, 0.6) is 0 Å². The second-order valence-corrected chi connectivity index (χ2v) is 9.66. The van der Waals surface area contributed by atoms with Crippen LogP contribution in [-0.4, -0.2) is 94.5 Å². The van der Waals surface area contributed by atoms with Crippen molar-refractivity contribution < 1.29 is 43.8 Å². The molecule has 1 unspecified atom stereocenters. The number of ether oxygens (including phenoxy) is 1. The summed E-state index contributed by atoms with van der Waals surface area (Å²) in [5.74, 6) is -4.26. The monoisotopic (exact) mass is 512 g/mol. The lowest BCUT2D eigenvalue weighted by Crippen LogP contribution is -2.53. The predicted octanol–water partition coefficient (Wildman–Crippen LogP) is 0.126. The van der Waals surface area contributed by atoms with Crippen LogP contribution >= 0.6 is 0 Å². The Bertz CT molecular complexity index is 870. The van der Waals surface area contributed by atoms with Crippen LogP contribution in [0.15, 0.2) is 5.16 Å². The molecule has 1 fully saturated rings. The molecule has 2 heterocycles. The van der Waals surface area contributed by atoms with E-state index in [0.717, 1.165) is 25.9 Å². The summed E-state index contributed by atoms with van der Waals surface area (Å²) < 4.78 is 5.42. The van der Waals surface area contributed by atoms with Crippen molar-refractivity contribution >= 4 is 35.2 Å². The standard InChI is InChI=1S/C23H36N4O9/c1-14(2)21(25-18(29)6-7-19(30)31)16-11-23(3,36-26-16)22(34)24-15(10-20(32)33)17(28)12-35-13-27-8-4-5-9-27/h14-15,21H,4-13H2,1-3H3,(H,24,34)(H,25,29)(H,30,31)(H,32,33)/t15-,21-,23?/m0/s1. The van der Waals surface area contributed by atoms with Crippen molar-refractivity contribution in [3.05, 3.63) is 0 Å². The molecule has 0 saturated carbocycles. The number of likely N-dealkylation sites (tertiary alicyclic amines) is 1. The van der Waals surface area contributed by atoms with Crippen LogP contribution in [-0.2, 0) is 33.5 Å². The van der Waals surface area contributed by atoms with E-state index in [4.69, 9.17) is 14.7 Å². The minimum atomic E-state index is -1.53. The summed E-state index contributed by atoms with van der Waals surface area (Å²) in [7, 11) is 0. The summed E-state index contributed by atoms with van der Waals surface area (Å²) in [5.41, 5.74) is -1.15. The number of carboxylic acids is 2. The fourth-order valence-corrected chi connectivity index (χ4v) is 3.98. The van der Waals surface area contributed by atoms with Crippen LogP contribution in [0.4, 0.5) is 0 Å². The van der Waals surface area contributed by atoms with Gasteiger partial charge in [0.15, 0.2) is 5.78 Å². The Kier molecular flexibility index (Phi) is 10.8. The lowest BCUT2D eigenvalue weighted by atomic mass is 9.90. The van der Waals surface area contributed by atoms with Crippen LogP contribution in [0, 0.1) is 5.92 Å². The number of Topliss-reactive ketones (excluding diaryl/α,β-unsaturated/α-hetero) is 1. The number of aliphatic carboxylic acids is 2. The zero-order valence-electron chi connectivity index (χ0n) is 20.9. The highest BCUT2D eigenvalue weighted by molar-refractivity contribution is 6.01.